The first-order valence-corrected chi connectivity index (χ1v) is 9.43. The molecule has 10 heteroatoms. The number of alkyl halides is 3. The molecule has 1 aliphatic heterocycles. The molecular formula is C19H25F3N2O5. The Balaban J connectivity index is 1.64. The second kappa shape index (κ2) is 8.76. The van der Waals surface area contributed by atoms with Crippen LogP contribution in [0, 0.1) is 5.92 Å². The molecule has 0 aromatic heterocycles. The number of amides is 1. The Bertz CT molecular complexity index is 722. The Kier molecular flexibility index (Phi) is 6.55. The smallest absolute Gasteiger partial charge is 0.391 e. The lowest BCUT2D eigenvalue weighted by molar-refractivity contribution is -0.185. The van der Waals surface area contributed by atoms with Crippen LogP contribution < -0.4 is 14.8 Å². The van der Waals surface area contributed by atoms with Crippen molar-refractivity contribution in [2.24, 2.45) is 5.92 Å². The van der Waals surface area contributed by atoms with Gasteiger partial charge in [0.2, 0.25) is 12.3 Å². The summed E-state index contributed by atoms with van der Waals surface area (Å²) in [6.07, 6.45) is -4.88. The van der Waals surface area contributed by atoms with E-state index in [1.54, 1.807) is 25.2 Å². The monoisotopic (exact) mass is 418 g/mol. The number of nitrogens with one attached hydrogen (secondary N) is 1. The molecule has 1 aromatic carbocycles. The molecule has 1 aliphatic carbocycles. The van der Waals surface area contributed by atoms with E-state index in [0.717, 1.165) is 0 Å². The van der Waals surface area contributed by atoms with Crippen molar-refractivity contribution in [3.8, 4) is 11.5 Å². The minimum absolute atomic E-state index is 0.0459. The van der Waals surface area contributed by atoms with Crippen LogP contribution in [-0.2, 0) is 9.53 Å². The zero-order valence-electron chi connectivity index (χ0n) is 16.2. The van der Waals surface area contributed by atoms with Crippen LogP contribution in [0.4, 0.5) is 18.9 Å². The fraction of sp³-hybridized carbons (Fsp3) is 0.632. The van der Waals surface area contributed by atoms with E-state index in [1.165, 1.54) is 12.0 Å². The fourth-order valence-electron chi connectivity index (χ4n) is 3.60. The molecule has 2 N–H and O–H groups in total. The summed E-state index contributed by atoms with van der Waals surface area (Å²) in [5, 5.41) is 12.3. The Morgan fingerprint density at radius 2 is 1.97 bits per heavy atom. The number of rotatable bonds is 5. The van der Waals surface area contributed by atoms with Gasteiger partial charge >= 0.3 is 6.18 Å². The molecule has 2 aliphatic rings. The summed E-state index contributed by atoms with van der Waals surface area (Å²) in [4.78, 5) is 13.9. The predicted molar refractivity (Wildman–Crippen MR) is 97.6 cm³/mol. The summed E-state index contributed by atoms with van der Waals surface area (Å²) in [6.45, 7) is 0.0461. The summed E-state index contributed by atoms with van der Waals surface area (Å²) in [5.41, 5.74) is 0.369. The number of carbonyl (C=O) groups is 1. The molecule has 2 atom stereocenters. The molecule has 1 unspecified atom stereocenters. The number of nitrogens with zero attached hydrogens (tertiary/aromatic N) is 1. The molecule has 1 aromatic rings. The number of carbonyl (C=O) groups excluding carboxylic acids is 1. The lowest BCUT2D eigenvalue weighted by atomic mass is 9.87. The van der Waals surface area contributed by atoms with E-state index >= 15 is 0 Å². The molecule has 1 saturated carbocycles. The van der Waals surface area contributed by atoms with Gasteiger partial charge in [-0.1, -0.05) is 0 Å². The zero-order chi connectivity index (χ0) is 21.2. The van der Waals surface area contributed by atoms with Crippen molar-refractivity contribution in [1.82, 2.24) is 4.90 Å². The van der Waals surface area contributed by atoms with Crippen molar-refractivity contribution in [1.29, 1.82) is 0 Å². The Morgan fingerprint density at radius 3 is 2.52 bits per heavy atom. The number of methoxy groups -OCH3 is 1. The third kappa shape index (κ3) is 5.12. The zero-order valence-corrected chi connectivity index (χ0v) is 16.2. The lowest BCUT2D eigenvalue weighted by Crippen LogP contribution is -2.41. The van der Waals surface area contributed by atoms with Gasteiger partial charge in [0, 0.05) is 6.07 Å². The number of aliphatic hydroxyl groups is 1. The van der Waals surface area contributed by atoms with Gasteiger partial charge in [-0.2, -0.15) is 13.2 Å². The van der Waals surface area contributed by atoms with Crippen molar-refractivity contribution in [2.75, 3.05) is 26.1 Å². The van der Waals surface area contributed by atoms with Crippen LogP contribution in [0.3, 0.4) is 0 Å². The first kappa shape index (κ1) is 21.7. The van der Waals surface area contributed by atoms with E-state index in [4.69, 9.17) is 14.2 Å². The highest BCUT2D eigenvalue weighted by Gasteiger charge is 2.42. The Hall–Kier alpha value is -2.04. The summed E-state index contributed by atoms with van der Waals surface area (Å²) in [6, 6.07) is 4.19. The van der Waals surface area contributed by atoms with Crippen molar-refractivity contribution in [3.63, 3.8) is 0 Å². The fourth-order valence-corrected chi connectivity index (χ4v) is 3.60. The normalized spacial score (nSPS) is 28.2. The quantitative estimate of drug-likeness (QED) is 0.766. The number of benzene rings is 1. The third-order valence-electron chi connectivity index (χ3n) is 5.41. The highest BCUT2D eigenvalue weighted by atomic mass is 19.4. The van der Waals surface area contributed by atoms with Crippen LogP contribution in [0.5, 0.6) is 11.5 Å². The van der Waals surface area contributed by atoms with Crippen LogP contribution >= 0.6 is 0 Å². The van der Waals surface area contributed by atoms with E-state index < -0.39 is 24.6 Å². The number of hydrogen-bond donors (Lipinski definition) is 2. The highest BCUT2D eigenvalue weighted by molar-refractivity contribution is 5.96. The average Bonchev–Trinajstić information content (AvgIpc) is 3.00. The van der Waals surface area contributed by atoms with Crippen LogP contribution in [-0.4, -0.2) is 61.4 Å². The topological polar surface area (TPSA) is 80.3 Å². The molecule has 7 nitrogen and oxygen atoms in total. The molecule has 1 heterocycles. The summed E-state index contributed by atoms with van der Waals surface area (Å²) >= 11 is 0. The van der Waals surface area contributed by atoms with Crippen LogP contribution in [0.1, 0.15) is 25.7 Å². The van der Waals surface area contributed by atoms with E-state index in [9.17, 15) is 23.1 Å². The number of halogens is 3. The molecule has 1 amide bonds. The van der Waals surface area contributed by atoms with Crippen molar-refractivity contribution >= 4 is 11.6 Å². The molecule has 3 rings (SSSR count). The molecule has 0 radical (unpaired) electrons. The molecular weight excluding hydrogens is 393 g/mol. The van der Waals surface area contributed by atoms with Gasteiger partial charge in [-0.15, -0.1) is 0 Å². The van der Waals surface area contributed by atoms with E-state index in [2.05, 4.69) is 5.32 Å². The van der Waals surface area contributed by atoms with Gasteiger partial charge in [-0.05, 0) is 44.9 Å². The van der Waals surface area contributed by atoms with Gasteiger partial charge in [0.15, 0.2) is 0 Å². The summed E-state index contributed by atoms with van der Waals surface area (Å²) < 4.78 is 54.6. The van der Waals surface area contributed by atoms with Crippen molar-refractivity contribution in [3.05, 3.63) is 18.2 Å². The standard InChI is InChI=1S/C19H25F3N2O5/c1-24-15(10-28-18(24)26)17(25)23-14-9-13(7-8-16(14)27-2)29-12-5-3-11(4-6-12)19(20,21)22/h7-9,11-12,15,18,26H,3-6,10H2,1-2H3,(H,23,25)/t11?,12?,15-,18?/m1/s1. The molecule has 1 saturated heterocycles. The van der Waals surface area contributed by atoms with E-state index in [0.29, 0.717) is 30.0 Å². The summed E-state index contributed by atoms with van der Waals surface area (Å²) in [5.74, 6) is -0.805. The van der Waals surface area contributed by atoms with Gasteiger partial charge in [0.1, 0.15) is 17.5 Å². The van der Waals surface area contributed by atoms with Crippen LogP contribution in [0.2, 0.25) is 0 Å². The van der Waals surface area contributed by atoms with Crippen molar-refractivity contribution < 1.29 is 37.3 Å². The first-order chi connectivity index (χ1) is 13.7. The lowest BCUT2D eigenvalue weighted by Gasteiger charge is -2.30. The highest BCUT2D eigenvalue weighted by Crippen LogP contribution is 2.39. The molecule has 162 valence electrons. The number of likely N-dealkylation sites (N-methyl/N-ethyl adjacent to an activating group) is 1. The predicted octanol–water partition coefficient (Wildman–Crippen LogP) is 2.74. The largest absolute Gasteiger partial charge is 0.495 e. The van der Waals surface area contributed by atoms with E-state index in [1.807, 2.05) is 0 Å². The number of anilines is 1. The number of aliphatic hydroxyl groups excluding tert-OH is 1. The number of ether oxygens (including phenoxy) is 3. The van der Waals surface area contributed by atoms with Crippen molar-refractivity contribution in [2.45, 2.75) is 50.4 Å². The maximum Gasteiger partial charge on any atom is 0.391 e. The van der Waals surface area contributed by atoms with Gasteiger partial charge < -0.3 is 24.6 Å². The molecule has 2 fully saturated rings. The van der Waals surface area contributed by atoms with Gasteiger partial charge in [0.05, 0.1) is 31.4 Å². The average molecular weight is 418 g/mol. The first-order valence-electron chi connectivity index (χ1n) is 9.43. The minimum atomic E-state index is -4.16. The second-order valence-electron chi connectivity index (χ2n) is 7.33. The van der Waals surface area contributed by atoms with Gasteiger partial charge in [0.25, 0.3) is 0 Å². The SMILES string of the molecule is COc1ccc(OC2CCC(C(F)(F)F)CC2)cc1NC(=O)[C@H]1COC(O)N1C. The van der Waals surface area contributed by atoms with Crippen LogP contribution in [0.15, 0.2) is 18.2 Å². The molecule has 0 bridgehead atoms. The summed E-state index contributed by atoms with van der Waals surface area (Å²) in [7, 11) is 3.02. The second-order valence-corrected chi connectivity index (χ2v) is 7.33. The maximum atomic E-state index is 12.8. The number of hydrogen-bond acceptors (Lipinski definition) is 6. The molecule has 0 spiro atoms. The Morgan fingerprint density at radius 1 is 1.28 bits per heavy atom. The third-order valence-corrected chi connectivity index (χ3v) is 5.41. The minimum Gasteiger partial charge on any atom is -0.495 e. The Labute approximate surface area is 166 Å². The van der Waals surface area contributed by atoms with E-state index in [-0.39, 0.29) is 31.5 Å². The maximum absolute atomic E-state index is 12.8. The van der Waals surface area contributed by atoms with Gasteiger partial charge in [-0.25, -0.2) is 4.90 Å². The van der Waals surface area contributed by atoms with Crippen LogP contribution in [0.25, 0.3) is 0 Å². The molecule has 29 heavy (non-hydrogen) atoms. The van der Waals surface area contributed by atoms with Gasteiger partial charge in [-0.3, -0.25) is 4.79 Å².